The molecule has 0 aromatic heterocycles. The van der Waals surface area contributed by atoms with Gasteiger partial charge in [0.15, 0.2) is 0 Å². The lowest BCUT2D eigenvalue weighted by atomic mass is 9.95. The van der Waals surface area contributed by atoms with Crippen molar-refractivity contribution in [2.24, 2.45) is 5.92 Å². The second kappa shape index (κ2) is 10.6. The van der Waals surface area contributed by atoms with Crippen LogP contribution in [0.1, 0.15) is 19.8 Å². The molecular weight excluding hydrogens is 315 g/mol. The number of nitrogens with zero attached hydrogens (tertiary/aromatic N) is 2. The zero-order valence-electron chi connectivity index (χ0n) is 15.4. The Labute approximate surface area is 151 Å². The third-order valence-corrected chi connectivity index (χ3v) is 4.34. The smallest absolute Gasteiger partial charge is 0.230 e. The Balaban J connectivity index is 3.13. The molecule has 0 bridgehead atoms. The number of piperidine rings is 1. The zero-order chi connectivity index (χ0) is 18.8. The van der Waals surface area contributed by atoms with Gasteiger partial charge in [0.1, 0.15) is 5.83 Å². The van der Waals surface area contributed by atoms with E-state index in [0.717, 1.165) is 31.6 Å². The highest BCUT2D eigenvalue weighted by Crippen LogP contribution is 2.24. The Morgan fingerprint density at radius 2 is 1.92 bits per heavy atom. The molecule has 1 saturated heterocycles. The molecule has 0 spiro atoms. The van der Waals surface area contributed by atoms with Crippen molar-refractivity contribution in [3.05, 3.63) is 73.3 Å². The number of amides is 1. The predicted octanol–water partition coefficient (Wildman–Crippen LogP) is 4.40. The lowest BCUT2D eigenvalue weighted by molar-refractivity contribution is -0.134. The number of halogens is 1. The SMILES string of the molecule is C=C/C=C\C(=C/C)N(C/C(=C/C=C)C(=C)F)C(=O)C1CCN(C)CC1. The minimum Gasteiger partial charge on any atom is -0.308 e. The van der Waals surface area contributed by atoms with Gasteiger partial charge in [-0.1, -0.05) is 50.1 Å². The van der Waals surface area contributed by atoms with Gasteiger partial charge in [-0.2, -0.15) is 0 Å². The highest BCUT2D eigenvalue weighted by Gasteiger charge is 2.29. The van der Waals surface area contributed by atoms with Crippen LogP contribution in [0.25, 0.3) is 0 Å². The average molecular weight is 344 g/mol. The second-order valence-corrected chi connectivity index (χ2v) is 6.14. The Morgan fingerprint density at radius 1 is 1.28 bits per heavy atom. The summed E-state index contributed by atoms with van der Waals surface area (Å²) < 4.78 is 13.8. The van der Waals surface area contributed by atoms with Gasteiger partial charge in [-0.3, -0.25) is 4.79 Å². The van der Waals surface area contributed by atoms with E-state index in [2.05, 4.69) is 31.7 Å². The Hall–Kier alpha value is -2.20. The van der Waals surface area contributed by atoms with Gasteiger partial charge in [0, 0.05) is 17.2 Å². The molecule has 1 heterocycles. The summed E-state index contributed by atoms with van der Waals surface area (Å²) in [5, 5.41) is 0. The van der Waals surface area contributed by atoms with Crippen LogP contribution in [0.4, 0.5) is 4.39 Å². The third-order valence-electron chi connectivity index (χ3n) is 4.34. The normalized spacial score (nSPS) is 17.6. The first kappa shape index (κ1) is 20.8. The Kier molecular flexibility index (Phi) is 8.86. The standard InChI is InChI=1S/C21H29FN2O/c1-6-9-11-20(8-3)24(16-19(10-7-2)17(4)22)21(25)18-12-14-23(5)15-13-18/h6-11,18H,1-2,4,12-16H2,3,5H3/b11-9-,19-10-,20-8+. The van der Waals surface area contributed by atoms with E-state index in [1.165, 1.54) is 6.08 Å². The van der Waals surface area contributed by atoms with E-state index in [4.69, 9.17) is 0 Å². The molecule has 1 aliphatic rings. The summed E-state index contributed by atoms with van der Waals surface area (Å²) in [6.07, 6.45) is 11.8. The molecule has 0 saturated carbocycles. The number of likely N-dealkylation sites (tertiary alicyclic amines) is 1. The molecule has 1 amide bonds. The maximum Gasteiger partial charge on any atom is 0.230 e. The molecule has 25 heavy (non-hydrogen) atoms. The van der Waals surface area contributed by atoms with E-state index >= 15 is 0 Å². The first-order chi connectivity index (χ1) is 11.9. The van der Waals surface area contributed by atoms with Crippen molar-refractivity contribution in [1.82, 2.24) is 9.80 Å². The Morgan fingerprint density at radius 3 is 2.40 bits per heavy atom. The molecule has 4 heteroatoms. The summed E-state index contributed by atoms with van der Waals surface area (Å²) in [7, 11) is 2.06. The van der Waals surface area contributed by atoms with E-state index in [-0.39, 0.29) is 18.4 Å². The van der Waals surface area contributed by atoms with Crippen LogP contribution in [0.2, 0.25) is 0 Å². The van der Waals surface area contributed by atoms with Crippen LogP contribution < -0.4 is 0 Å². The van der Waals surface area contributed by atoms with Gasteiger partial charge in [-0.15, -0.1) is 0 Å². The van der Waals surface area contributed by atoms with Gasteiger partial charge in [0.25, 0.3) is 0 Å². The minimum absolute atomic E-state index is 0.0196. The quantitative estimate of drug-likeness (QED) is 0.609. The molecule has 0 unspecified atom stereocenters. The molecule has 0 N–H and O–H groups in total. The summed E-state index contributed by atoms with van der Waals surface area (Å²) in [6, 6.07) is 0. The van der Waals surface area contributed by atoms with Crippen LogP contribution >= 0.6 is 0 Å². The number of hydrogen-bond acceptors (Lipinski definition) is 2. The number of carbonyl (C=O) groups excluding carboxylic acids is 1. The van der Waals surface area contributed by atoms with Crippen molar-refractivity contribution in [3.8, 4) is 0 Å². The van der Waals surface area contributed by atoms with Gasteiger partial charge >= 0.3 is 0 Å². The molecule has 1 rings (SSSR count). The van der Waals surface area contributed by atoms with Gasteiger partial charge in [-0.05, 0) is 46.0 Å². The summed E-state index contributed by atoms with van der Waals surface area (Å²) >= 11 is 0. The molecule has 0 radical (unpaired) electrons. The number of hydrogen-bond donors (Lipinski definition) is 0. The van der Waals surface area contributed by atoms with E-state index in [0.29, 0.717) is 5.57 Å². The average Bonchev–Trinajstić information content (AvgIpc) is 2.60. The van der Waals surface area contributed by atoms with Crippen LogP contribution in [0.5, 0.6) is 0 Å². The molecule has 3 nitrogen and oxygen atoms in total. The summed E-state index contributed by atoms with van der Waals surface area (Å²) in [5.41, 5.74) is 1.07. The van der Waals surface area contributed by atoms with Crippen molar-refractivity contribution < 1.29 is 9.18 Å². The van der Waals surface area contributed by atoms with Gasteiger partial charge < -0.3 is 9.80 Å². The highest BCUT2D eigenvalue weighted by atomic mass is 19.1. The van der Waals surface area contributed by atoms with Crippen LogP contribution in [-0.2, 0) is 4.79 Å². The fourth-order valence-corrected chi connectivity index (χ4v) is 2.82. The minimum atomic E-state index is -0.552. The van der Waals surface area contributed by atoms with Gasteiger partial charge in [0.2, 0.25) is 5.91 Å². The second-order valence-electron chi connectivity index (χ2n) is 6.14. The molecule has 0 aromatic carbocycles. The molecule has 0 aromatic rings. The fourth-order valence-electron chi connectivity index (χ4n) is 2.82. The molecule has 136 valence electrons. The predicted molar refractivity (Wildman–Crippen MR) is 104 cm³/mol. The topological polar surface area (TPSA) is 23.6 Å². The van der Waals surface area contributed by atoms with E-state index in [1.807, 2.05) is 19.1 Å². The third kappa shape index (κ3) is 6.31. The van der Waals surface area contributed by atoms with E-state index < -0.39 is 5.83 Å². The first-order valence-corrected chi connectivity index (χ1v) is 8.56. The van der Waals surface area contributed by atoms with Gasteiger partial charge in [0.05, 0.1) is 6.54 Å². The van der Waals surface area contributed by atoms with Gasteiger partial charge in [-0.25, -0.2) is 4.39 Å². The summed E-state index contributed by atoms with van der Waals surface area (Å²) in [4.78, 5) is 17.0. The van der Waals surface area contributed by atoms with Crippen molar-refractivity contribution >= 4 is 5.91 Å². The highest BCUT2D eigenvalue weighted by molar-refractivity contribution is 5.81. The van der Waals surface area contributed by atoms with E-state index in [9.17, 15) is 9.18 Å². The molecular formula is C21H29FN2O. The van der Waals surface area contributed by atoms with Crippen molar-refractivity contribution in [1.29, 1.82) is 0 Å². The van der Waals surface area contributed by atoms with Crippen molar-refractivity contribution in [2.75, 3.05) is 26.7 Å². The monoisotopic (exact) mass is 344 g/mol. The fraction of sp³-hybridized carbons (Fsp3) is 0.381. The van der Waals surface area contributed by atoms with Crippen LogP contribution in [0.15, 0.2) is 73.3 Å². The Bertz CT molecular complexity index is 593. The lowest BCUT2D eigenvalue weighted by Crippen LogP contribution is -2.41. The number of carbonyl (C=O) groups is 1. The molecule has 0 atom stereocenters. The number of allylic oxidation sites excluding steroid dienone is 6. The molecule has 0 aliphatic carbocycles. The molecule has 1 fully saturated rings. The largest absolute Gasteiger partial charge is 0.308 e. The first-order valence-electron chi connectivity index (χ1n) is 8.56. The van der Waals surface area contributed by atoms with Crippen molar-refractivity contribution in [2.45, 2.75) is 19.8 Å². The maximum absolute atomic E-state index is 13.8. The molecule has 1 aliphatic heterocycles. The number of rotatable bonds is 8. The van der Waals surface area contributed by atoms with E-state index in [1.54, 1.807) is 23.1 Å². The summed E-state index contributed by atoms with van der Waals surface area (Å²) in [6.45, 7) is 14.4. The van der Waals surface area contributed by atoms with Crippen LogP contribution in [0, 0.1) is 5.92 Å². The lowest BCUT2D eigenvalue weighted by Gasteiger charge is -2.33. The van der Waals surface area contributed by atoms with Crippen LogP contribution in [0.3, 0.4) is 0 Å². The zero-order valence-corrected chi connectivity index (χ0v) is 15.4. The van der Waals surface area contributed by atoms with Crippen LogP contribution in [-0.4, -0.2) is 42.4 Å². The maximum atomic E-state index is 13.8. The van der Waals surface area contributed by atoms with Crippen molar-refractivity contribution in [3.63, 3.8) is 0 Å². The summed E-state index contributed by atoms with van der Waals surface area (Å²) in [5.74, 6) is -0.587.